The van der Waals surface area contributed by atoms with Crippen LogP contribution in [0.3, 0.4) is 0 Å². The van der Waals surface area contributed by atoms with E-state index in [2.05, 4.69) is 20.8 Å². The number of hydrogen-bond acceptors (Lipinski definition) is 3. The fraction of sp³-hybridized carbons (Fsp3) is 0.958. The van der Waals surface area contributed by atoms with Gasteiger partial charge in [-0.1, -0.05) is 20.8 Å². The van der Waals surface area contributed by atoms with Crippen molar-refractivity contribution in [3.05, 3.63) is 0 Å². The molecule has 0 aliphatic heterocycles. The van der Waals surface area contributed by atoms with Crippen molar-refractivity contribution in [2.75, 3.05) is 0 Å². The highest BCUT2D eigenvalue weighted by atomic mass is 16.4. The van der Waals surface area contributed by atoms with Crippen LogP contribution in [0, 0.1) is 46.3 Å². The number of carboxylic acid groups (broad SMARTS) is 1. The molecule has 4 nitrogen and oxygen atoms in total. The van der Waals surface area contributed by atoms with Crippen LogP contribution >= 0.6 is 0 Å². The Balaban J connectivity index is 1.55. The number of hydrogen-bond donors (Lipinski definition) is 3. The minimum atomic E-state index is -0.684. The molecule has 0 radical (unpaired) electrons. The SMILES string of the molecule is C[C@H](CCC(=O)O)[C@H]1CCC2C3C(O)C[C@@H]4C[C@H](O)CC[C@@]4(C)C3CC[C@@]21C. The fourth-order valence-electron chi connectivity index (χ4n) is 8.73. The molecule has 4 fully saturated rings. The lowest BCUT2D eigenvalue weighted by Gasteiger charge is -2.62. The molecular weight excluding hydrogens is 352 g/mol. The monoisotopic (exact) mass is 392 g/mol. The maximum absolute atomic E-state index is 11.2. The van der Waals surface area contributed by atoms with Crippen LogP contribution in [-0.2, 0) is 4.79 Å². The predicted molar refractivity (Wildman–Crippen MR) is 109 cm³/mol. The molecule has 0 aromatic rings. The Morgan fingerprint density at radius 3 is 2.39 bits per heavy atom. The molecule has 4 rings (SSSR count). The molecule has 4 unspecified atom stereocenters. The van der Waals surface area contributed by atoms with Crippen molar-refractivity contribution in [1.82, 2.24) is 0 Å². The fourth-order valence-corrected chi connectivity index (χ4v) is 8.73. The van der Waals surface area contributed by atoms with Crippen LogP contribution in [-0.4, -0.2) is 33.5 Å². The average Bonchev–Trinajstić information content (AvgIpc) is 2.98. The molecule has 0 bridgehead atoms. The van der Waals surface area contributed by atoms with Gasteiger partial charge in [0.05, 0.1) is 12.2 Å². The van der Waals surface area contributed by atoms with Crippen LogP contribution in [0.25, 0.3) is 0 Å². The molecule has 0 heterocycles. The number of rotatable bonds is 4. The van der Waals surface area contributed by atoms with Gasteiger partial charge in [-0.2, -0.15) is 0 Å². The van der Waals surface area contributed by atoms with Gasteiger partial charge in [0, 0.05) is 6.42 Å². The maximum Gasteiger partial charge on any atom is 0.303 e. The van der Waals surface area contributed by atoms with E-state index in [9.17, 15) is 15.0 Å². The second kappa shape index (κ2) is 7.27. The molecule has 28 heavy (non-hydrogen) atoms. The Hall–Kier alpha value is -0.610. The molecule has 3 N–H and O–H groups in total. The lowest BCUT2D eigenvalue weighted by atomic mass is 9.43. The van der Waals surface area contributed by atoms with E-state index in [-0.39, 0.29) is 29.5 Å². The summed E-state index contributed by atoms with van der Waals surface area (Å²) < 4.78 is 0. The van der Waals surface area contributed by atoms with Crippen molar-refractivity contribution in [2.45, 2.75) is 97.2 Å². The number of aliphatic hydroxyl groups is 2. The molecule has 10 atom stereocenters. The van der Waals surface area contributed by atoms with Crippen LogP contribution in [0.15, 0.2) is 0 Å². The predicted octanol–water partition coefficient (Wildman–Crippen LogP) is 4.48. The number of fused-ring (bicyclic) bond motifs is 5. The van der Waals surface area contributed by atoms with Crippen molar-refractivity contribution in [1.29, 1.82) is 0 Å². The highest BCUT2D eigenvalue weighted by Gasteiger charge is 2.62. The highest BCUT2D eigenvalue weighted by Crippen LogP contribution is 2.68. The first-order valence-corrected chi connectivity index (χ1v) is 11.7. The summed E-state index contributed by atoms with van der Waals surface area (Å²) in [6, 6.07) is 0. The Labute approximate surface area is 170 Å². The summed E-state index contributed by atoms with van der Waals surface area (Å²) in [5, 5.41) is 30.5. The largest absolute Gasteiger partial charge is 0.481 e. The minimum absolute atomic E-state index is 0.179. The van der Waals surface area contributed by atoms with Gasteiger partial charge in [-0.15, -0.1) is 0 Å². The molecule has 160 valence electrons. The lowest BCUT2D eigenvalue weighted by molar-refractivity contribution is -0.174. The first-order chi connectivity index (χ1) is 13.2. The Bertz CT molecular complexity index is 605. The van der Waals surface area contributed by atoms with Gasteiger partial charge in [-0.05, 0) is 104 Å². The molecular formula is C24H40O4. The van der Waals surface area contributed by atoms with E-state index in [0.29, 0.717) is 35.5 Å². The van der Waals surface area contributed by atoms with Gasteiger partial charge in [-0.3, -0.25) is 4.79 Å². The Morgan fingerprint density at radius 2 is 1.68 bits per heavy atom. The van der Waals surface area contributed by atoms with Crippen molar-refractivity contribution in [2.24, 2.45) is 46.3 Å². The van der Waals surface area contributed by atoms with E-state index < -0.39 is 5.97 Å². The zero-order valence-electron chi connectivity index (χ0n) is 17.9. The Morgan fingerprint density at radius 1 is 1.00 bits per heavy atom. The van der Waals surface area contributed by atoms with Crippen molar-refractivity contribution in [3.8, 4) is 0 Å². The molecule has 0 amide bonds. The van der Waals surface area contributed by atoms with Gasteiger partial charge in [0.25, 0.3) is 0 Å². The van der Waals surface area contributed by atoms with Gasteiger partial charge in [0.2, 0.25) is 0 Å². The average molecular weight is 393 g/mol. The normalized spacial score (nSPS) is 51.7. The van der Waals surface area contributed by atoms with Crippen molar-refractivity contribution >= 4 is 5.97 Å². The molecule has 4 heteroatoms. The van der Waals surface area contributed by atoms with Gasteiger partial charge in [0.15, 0.2) is 0 Å². The summed E-state index contributed by atoms with van der Waals surface area (Å²) >= 11 is 0. The molecule has 4 aliphatic carbocycles. The second-order valence-corrected chi connectivity index (χ2v) is 11.4. The van der Waals surface area contributed by atoms with Crippen LogP contribution in [0.4, 0.5) is 0 Å². The van der Waals surface area contributed by atoms with E-state index in [4.69, 9.17) is 5.11 Å². The van der Waals surface area contributed by atoms with Gasteiger partial charge in [0.1, 0.15) is 0 Å². The van der Waals surface area contributed by atoms with E-state index in [1.54, 1.807) is 0 Å². The molecule has 4 aliphatic rings. The molecule has 0 aromatic carbocycles. The number of carbonyl (C=O) groups is 1. The zero-order valence-corrected chi connectivity index (χ0v) is 17.9. The van der Waals surface area contributed by atoms with Gasteiger partial charge >= 0.3 is 5.97 Å². The zero-order chi connectivity index (χ0) is 20.3. The first kappa shape index (κ1) is 20.7. The number of aliphatic hydroxyl groups excluding tert-OH is 2. The Kier molecular flexibility index (Phi) is 5.36. The maximum atomic E-state index is 11.2. The van der Waals surface area contributed by atoms with Gasteiger partial charge < -0.3 is 15.3 Å². The summed E-state index contributed by atoms with van der Waals surface area (Å²) in [5.74, 6) is 2.36. The smallest absolute Gasteiger partial charge is 0.303 e. The van der Waals surface area contributed by atoms with Crippen molar-refractivity contribution < 1.29 is 20.1 Å². The summed E-state index contributed by atoms with van der Waals surface area (Å²) in [7, 11) is 0. The number of aliphatic carboxylic acids is 1. The van der Waals surface area contributed by atoms with Crippen LogP contribution < -0.4 is 0 Å². The highest BCUT2D eigenvalue weighted by molar-refractivity contribution is 5.66. The molecule has 0 aromatic heterocycles. The lowest BCUT2D eigenvalue weighted by Crippen LogP contribution is -2.58. The third-order valence-electron chi connectivity index (χ3n) is 10.2. The van der Waals surface area contributed by atoms with Gasteiger partial charge in [-0.25, -0.2) is 0 Å². The summed E-state index contributed by atoms with van der Waals surface area (Å²) in [5.41, 5.74) is 0.523. The van der Waals surface area contributed by atoms with Crippen LogP contribution in [0.2, 0.25) is 0 Å². The third kappa shape index (κ3) is 3.14. The molecule has 0 saturated heterocycles. The second-order valence-electron chi connectivity index (χ2n) is 11.4. The first-order valence-electron chi connectivity index (χ1n) is 11.7. The summed E-state index contributed by atoms with van der Waals surface area (Å²) in [6.07, 6.45) is 9.19. The quantitative estimate of drug-likeness (QED) is 0.659. The minimum Gasteiger partial charge on any atom is -0.481 e. The third-order valence-corrected chi connectivity index (χ3v) is 10.2. The van der Waals surface area contributed by atoms with E-state index in [0.717, 1.165) is 32.1 Å². The molecule has 4 saturated carbocycles. The number of carboxylic acids is 1. The van der Waals surface area contributed by atoms with Crippen LogP contribution in [0.1, 0.15) is 85.0 Å². The topological polar surface area (TPSA) is 77.8 Å². The van der Waals surface area contributed by atoms with E-state index >= 15 is 0 Å². The van der Waals surface area contributed by atoms with E-state index in [1.807, 2.05) is 0 Å². The standard InChI is InChI=1S/C24H40O4/c1-14(4-7-21(27)28)17-5-6-18-22-19(9-11-24(17,18)3)23(2)10-8-16(25)12-15(23)13-20(22)26/h14-20,22,25-26H,4-13H2,1-3H3,(H,27,28)/t14-,15+,16-,17-,18?,19?,20?,22?,23-,24-/m1/s1. The molecule has 0 spiro atoms. The van der Waals surface area contributed by atoms with E-state index in [1.165, 1.54) is 25.7 Å². The summed E-state index contributed by atoms with van der Waals surface area (Å²) in [6.45, 7) is 7.16. The van der Waals surface area contributed by atoms with Crippen molar-refractivity contribution in [3.63, 3.8) is 0 Å². The summed E-state index contributed by atoms with van der Waals surface area (Å²) in [4.78, 5) is 11.1. The van der Waals surface area contributed by atoms with Crippen LogP contribution in [0.5, 0.6) is 0 Å².